The molecular formula is C12H19Cl2I3NSV. The zero-order valence-electron chi connectivity index (χ0n) is 10.6. The summed E-state index contributed by atoms with van der Waals surface area (Å²) in [4.78, 5) is -0.278. The molecule has 0 aromatic heterocycles. The zero-order chi connectivity index (χ0) is 15.6. The van der Waals surface area contributed by atoms with Crippen molar-refractivity contribution in [2.24, 2.45) is 0 Å². The number of anilines is 1. The summed E-state index contributed by atoms with van der Waals surface area (Å²) < 4.78 is -0.0556. The Bertz CT molecular complexity index is 363. The van der Waals surface area contributed by atoms with Crippen LogP contribution in [0.1, 0.15) is 33.8 Å². The number of hydrogen-bond acceptors (Lipinski definition) is 2. The fraction of sp³-hybridized carbons (Fsp3) is 0.417. The molecule has 0 radical (unpaired) electrons. The van der Waals surface area contributed by atoms with Crippen molar-refractivity contribution in [2.75, 3.05) is 5.73 Å². The summed E-state index contributed by atoms with van der Waals surface area (Å²) in [5.41, 5.74) is 7.96. The second-order valence-corrected chi connectivity index (χ2v) is 41.5. The molecular weight excluding hydrogens is 693 g/mol. The number of benzene rings is 1. The van der Waals surface area contributed by atoms with Crippen molar-refractivity contribution >= 4 is 105 Å². The van der Waals surface area contributed by atoms with Crippen LogP contribution in [0.2, 0.25) is 0 Å². The predicted molar refractivity (Wildman–Crippen MR) is 123 cm³/mol. The van der Waals surface area contributed by atoms with Crippen LogP contribution in [-0.2, 0) is 10.3 Å². The first-order chi connectivity index (χ1) is 8.46. The summed E-state index contributed by atoms with van der Waals surface area (Å²) in [6.45, 7) is 6.58. The van der Waals surface area contributed by atoms with Crippen molar-refractivity contribution in [3.05, 3.63) is 29.8 Å². The van der Waals surface area contributed by atoms with E-state index in [0.29, 0.717) is 0 Å². The first-order valence-electron chi connectivity index (χ1n) is 4.95. The molecule has 0 amide bonds. The number of rotatable bonds is 0. The molecule has 0 atom stereocenters. The van der Waals surface area contributed by atoms with Crippen LogP contribution in [0.15, 0.2) is 24.3 Å². The topological polar surface area (TPSA) is 26.0 Å². The molecule has 0 fully saturated rings. The Hall–Kier alpha value is 2.46. The summed E-state index contributed by atoms with van der Waals surface area (Å²) in [5.74, 6) is 0. The molecule has 0 bridgehead atoms. The molecule has 0 aliphatic carbocycles. The third-order valence-corrected chi connectivity index (χ3v) is 1.78. The van der Waals surface area contributed by atoms with Gasteiger partial charge in [0.1, 0.15) is 0 Å². The van der Waals surface area contributed by atoms with Crippen LogP contribution in [0.4, 0.5) is 5.69 Å². The molecule has 0 aliphatic heterocycles. The minimum absolute atomic E-state index is 0. The van der Waals surface area contributed by atoms with Crippen molar-refractivity contribution < 1.29 is 4.92 Å². The van der Waals surface area contributed by atoms with Crippen molar-refractivity contribution in [2.45, 2.75) is 33.6 Å². The van der Waals surface area contributed by atoms with E-state index in [2.05, 4.69) is 105 Å². The minimum atomic E-state index is -0.278. The third-order valence-electron chi connectivity index (χ3n) is 1.78. The Morgan fingerprint density at radius 3 is 1.55 bits per heavy atom. The van der Waals surface area contributed by atoms with Gasteiger partial charge in [0.05, 0.1) is 0 Å². The maximum absolute atomic E-state index is 5.57. The maximum atomic E-state index is 5.57. The van der Waals surface area contributed by atoms with Crippen LogP contribution in [0, 0.1) is 0 Å². The van der Waals surface area contributed by atoms with E-state index < -0.39 is 0 Å². The van der Waals surface area contributed by atoms with Gasteiger partial charge >= 0.3 is 64.9 Å². The molecule has 0 unspecified atom stereocenters. The Balaban J connectivity index is -0.000000272. The summed E-state index contributed by atoms with van der Waals surface area (Å²) in [6.07, 6.45) is 0. The number of nitrogens with two attached hydrogens (primary N) is 1. The van der Waals surface area contributed by atoms with Crippen LogP contribution in [-0.4, -0.2) is 3.78 Å². The molecule has 2 N–H and O–H groups in total. The van der Waals surface area contributed by atoms with Crippen molar-refractivity contribution in [3.63, 3.8) is 0 Å². The molecule has 8 heteroatoms. The van der Waals surface area contributed by atoms with Gasteiger partial charge in [-0.1, -0.05) is 75.8 Å². The van der Waals surface area contributed by atoms with E-state index in [0.717, 1.165) is 5.69 Å². The Kier molecular flexibility index (Phi) is 20.5. The molecule has 0 heterocycles. The van der Waals surface area contributed by atoms with E-state index in [9.17, 15) is 0 Å². The number of hydrogen-bond donors (Lipinski definition) is 1. The number of halogens is 5. The van der Waals surface area contributed by atoms with E-state index in [1.54, 1.807) is 0 Å². The van der Waals surface area contributed by atoms with Gasteiger partial charge in [0.2, 0.25) is 0 Å². The third kappa shape index (κ3) is 22.7. The fourth-order valence-electron chi connectivity index (χ4n) is 0.983. The first-order valence-corrected chi connectivity index (χ1v) is 19.6. The molecule has 0 saturated carbocycles. The molecule has 0 spiro atoms. The first kappa shape index (κ1) is 27.3. The second kappa shape index (κ2) is 15.0. The standard InChI is InChI=1S/C10H15N.CCl2S.CH4.3HI.V/c1-10(2,3)8-4-6-9(11)7-5-8;2-1(3)4;;;;;/h4-7H,11H2,1-3H3;;1H4;3*1H;/q;;;;;;+3/p-3. The van der Waals surface area contributed by atoms with Crippen molar-refractivity contribution in [1.82, 2.24) is 0 Å². The van der Waals surface area contributed by atoms with Gasteiger partial charge in [-0.25, -0.2) is 0 Å². The molecule has 1 nitrogen and oxygen atoms in total. The van der Waals surface area contributed by atoms with Gasteiger partial charge in [-0.05, 0) is 23.1 Å². The molecule has 1 aromatic carbocycles. The van der Waals surface area contributed by atoms with E-state index in [1.807, 2.05) is 12.1 Å². The monoisotopic (exact) mass is 711 g/mol. The summed E-state index contributed by atoms with van der Waals surface area (Å²) in [6, 6.07) is 8.05. The van der Waals surface area contributed by atoms with Crippen LogP contribution in [0.5, 0.6) is 0 Å². The van der Waals surface area contributed by atoms with Crippen LogP contribution in [0.25, 0.3) is 0 Å². The van der Waals surface area contributed by atoms with Gasteiger partial charge in [-0.15, -0.1) is 0 Å². The molecule has 1 rings (SSSR count). The van der Waals surface area contributed by atoms with Crippen LogP contribution < -0.4 is 5.73 Å². The quantitative estimate of drug-likeness (QED) is 0.130. The van der Waals surface area contributed by atoms with E-state index in [4.69, 9.17) is 28.9 Å². The Morgan fingerprint density at radius 1 is 1.10 bits per heavy atom. The number of thiocarbonyl (C=S) groups is 1. The zero-order valence-corrected chi connectivity index (χ0v) is 20.8. The van der Waals surface area contributed by atoms with Crippen LogP contribution >= 0.6 is 95.4 Å². The molecule has 0 aliphatic rings. The van der Waals surface area contributed by atoms with Gasteiger partial charge in [0.25, 0.3) is 0 Å². The average Bonchev–Trinajstić information content (AvgIpc) is 2.14. The van der Waals surface area contributed by atoms with Crippen LogP contribution in [0.3, 0.4) is 0 Å². The van der Waals surface area contributed by atoms with Gasteiger partial charge in [-0.2, -0.15) is 0 Å². The van der Waals surface area contributed by atoms with Crippen molar-refractivity contribution in [3.8, 4) is 0 Å². The Labute approximate surface area is 176 Å². The Morgan fingerprint density at radius 2 is 1.35 bits per heavy atom. The summed E-state index contributed by atoms with van der Waals surface area (Å²) in [5, 5.41) is 0. The van der Waals surface area contributed by atoms with Gasteiger partial charge in [-0.3, -0.25) is 0 Å². The van der Waals surface area contributed by atoms with Crippen molar-refractivity contribution in [1.29, 1.82) is 0 Å². The van der Waals surface area contributed by atoms with E-state index in [-0.39, 0.29) is 21.5 Å². The van der Waals surface area contributed by atoms with Gasteiger partial charge in [0, 0.05) is 5.69 Å². The van der Waals surface area contributed by atoms with E-state index >= 15 is 0 Å². The van der Waals surface area contributed by atoms with E-state index in [1.165, 1.54) is 5.56 Å². The fourth-order valence-corrected chi connectivity index (χ4v) is 0.983. The summed E-state index contributed by atoms with van der Waals surface area (Å²) in [7, 11) is 0. The second-order valence-electron chi connectivity index (χ2n) is 4.29. The molecule has 20 heavy (non-hydrogen) atoms. The molecule has 1 aromatic rings. The van der Waals surface area contributed by atoms with Gasteiger partial charge in [0.15, 0.2) is 3.78 Å². The molecule has 118 valence electrons. The molecule has 0 saturated heterocycles. The predicted octanol–water partition coefficient (Wildman–Crippen LogP) is 7.61. The number of nitrogen functional groups attached to an aromatic ring is 1. The van der Waals surface area contributed by atoms with Gasteiger partial charge < -0.3 is 5.73 Å². The summed E-state index contributed by atoms with van der Waals surface area (Å²) >= 11 is 21.0. The average molecular weight is 712 g/mol. The SMILES string of the molecule is C.CC(C)(C)c1ccc(N)cc1.S=C(Cl)Cl.[I][V]([I])[I]. The normalized spacial score (nSPS) is 9.45.